The maximum atomic E-state index is 13.2. The van der Waals surface area contributed by atoms with E-state index >= 15 is 0 Å². The molecule has 8 nitrogen and oxygen atoms in total. The summed E-state index contributed by atoms with van der Waals surface area (Å²) in [6, 6.07) is 14.8. The largest absolute Gasteiger partial charge is 0.319 e. The van der Waals surface area contributed by atoms with Gasteiger partial charge in [0.15, 0.2) is 0 Å². The van der Waals surface area contributed by atoms with Gasteiger partial charge in [0, 0.05) is 13.6 Å². The maximum Gasteiger partial charge on any atom is 0.295 e. The molecule has 9 heteroatoms. The first-order valence-electron chi connectivity index (χ1n) is 10.4. The lowest BCUT2D eigenvalue weighted by Crippen LogP contribution is -2.43. The van der Waals surface area contributed by atoms with Crippen molar-refractivity contribution >= 4 is 21.6 Å². The molecule has 0 bridgehead atoms. The van der Waals surface area contributed by atoms with Gasteiger partial charge in [-0.2, -0.15) is 4.31 Å². The highest BCUT2D eigenvalue weighted by atomic mass is 32.2. The minimum atomic E-state index is -3.82. The lowest BCUT2D eigenvalue weighted by atomic mass is 10.2. The molecule has 0 aliphatic carbocycles. The summed E-state index contributed by atoms with van der Waals surface area (Å²) in [7, 11) is -2.08. The van der Waals surface area contributed by atoms with Crippen LogP contribution in [0.5, 0.6) is 0 Å². The second kappa shape index (κ2) is 8.40. The molecule has 1 atom stereocenters. The van der Waals surface area contributed by atoms with Crippen LogP contribution >= 0.6 is 0 Å². The standard InChI is InChI=1S/C23H26N4O4S/c1-16-11-13-19(14-12-16)32(30,31)26-15-7-10-20(26)22(28)24-21-17(2)25(3)27(23(21)29)18-8-5-4-6-9-18/h4-6,8-9,11-14,20H,7,10,15H2,1-3H3,(H,24,28)/t20-/m0/s1. The Labute approximate surface area is 187 Å². The summed E-state index contributed by atoms with van der Waals surface area (Å²) in [6.45, 7) is 3.88. The van der Waals surface area contributed by atoms with Crippen LogP contribution < -0.4 is 10.9 Å². The lowest BCUT2D eigenvalue weighted by molar-refractivity contribution is -0.119. The van der Waals surface area contributed by atoms with Gasteiger partial charge in [0.1, 0.15) is 11.7 Å². The number of amides is 1. The summed E-state index contributed by atoms with van der Waals surface area (Å²) in [5.41, 5.74) is 2.00. The number of nitrogens with zero attached hydrogens (tertiary/aromatic N) is 3. The van der Waals surface area contributed by atoms with E-state index in [1.165, 1.54) is 8.99 Å². The Bertz CT molecular complexity index is 1310. The van der Waals surface area contributed by atoms with Crippen molar-refractivity contribution in [3.8, 4) is 5.69 Å². The first-order chi connectivity index (χ1) is 15.2. The molecule has 1 N–H and O–H groups in total. The highest BCUT2D eigenvalue weighted by molar-refractivity contribution is 7.89. The zero-order chi connectivity index (χ0) is 23.0. The average Bonchev–Trinajstić information content (AvgIpc) is 3.35. The number of benzene rings is 2. The molecule has 3 aromatic rings. The van der Waals surface area contributed by atoms with Gasteiger partial charge in [0.05, 0.1) is 16.3 Å². The van der Waals surface area contributed by atoms with Crippen LogP contribution in [0.4, 0.5) is 5.69 Å². The SMILES string of the molecule is Cc1ccc(S(=O)(=O)N2CCC[C@H]2C(=O)Nc2c(C)n(C)n(-c3ccccc3)c2=O)cc1. The molecule has 32 heavy (non-hydrogen) atoms. The van der Waals surface area contributed by atoms with Gasteiger partial charge in [-0.05, 0) is 51.0 Å². The minimum Gasteiger partial charge on any atom is -0.319 e. The average molecular weight is 455 g/mol. The molecule has 1 aromatic heterocycles. The van der Waals surface area contributed by atoms with E-state index in [9.17, 15) is 18.0 Å². The fraction of sp³-hybridized carbons (Fsp3) is 0.304. The summed E-state index contributed by atoms with van der Waals surface area (Å²) in [6.07, 6.45) is 0.973. The fourth-order valence-electron chi connectivity index (χ4n) is 4.05. The Kier molecular flexibility index (Phi) is 5.79. The fourth-order valence-corrected chi connectivity index (χ4v) is 5.71. The van der Waals surface area contributed by atoms with E-state index in [4.69, 9.17) is 0 Å². The van der Waals surface area contributed by atoms with E-state index in [0.29, 0.717) is 24.2 Å². The van der Waals surface area contributed by atoms with Gasteiger partial charge in [0.25, 0.3) is 5.56 Å². The number of hydrogen-bond acceptors (Lipinski definition) is 4. The van der Waals surface area contributed by atoms with Crippen molar-refractivity contribution < 1.29 is 13.2 Å². The molecule has 2 aromatic carbocycles. The Balaban J connectivity index is 1.63. The molecule has 0 saturated carbocycles. The number of sulfonamides is 1. The molecular weight excluding hydrogens is 428 g/mol. The molecule has 1 aliphatic rings. The molecule has 1 amide bonds. The molecule has 168 valence electrons. The van der Waals surface area contributed by atoms with E-state index in [2.05, 4.69) is 5.32 Å². The molecule has 2 heterocycles. The van der Waals surface area contributed by atoms with E-state index in [0.717, 1.165) is 5.56 Å². The van der Waals surface area contributed by atoms with E-state index in [1.54, 1.807) is 55.1 Å². The van der Waals surface area contributed by atoms with Crippen molar-refractivity contribution in [2.45, 2.75) is 37.6 Å². The van der Waals surface area contributed by atoms with Crippen molar-refractivity contribution in [1.29, 1.82) is 0 Å². The van der Waals surface area contributed by atoms with Gasteiger partial charge in [-0.3, -0.25) is 14.3 Å². The molecule has 1 aliphatic heterocycles. The van der Waals surface area contributed by atoms with Crippen LogP contribution in [0.3, 0.4) is 0 Å². The second-order valence-corrected chi connectivity index (χ2v) is 9.90. The van der Waals surface area contributed by atoms with E-state index in [1.807, 2.05) is 25.1 Å². The van der Waals surface area contributed by atoms with Gasteiger partial charge in [0.2, 0.25) is 15.9 Å². The first-order valence-corrected chi connectivity index (χ1v) is 11.9. The molecule has 0 unspecified atom stereocenters. The summed E-state index contributed by atoms with van der Waals surface area (Å²) < 4.78 is 30.7. The quantitative estimate of drug-likeness (QED) is 0.641. The topological polar surface area (TPSA) is 93.4 Å². The molecule has 0 spiro atoms. The third-order valence-corrected chi connectivity index (χ3v) is 7.86. The predicted molar refractivity (Wildman–Crippen MR) is 122 cm³/mol. The maximum absolute atomic E-state index is 13.2. The Morgan fingerprint density at radius 1 is 1.03 bits per heavy atom. The number of hydrogen-bond donors (Lipinski definition) is 1. The first kappa shape index (κ1) is 22.0. The van der Waals surface area contributed by atoms with Gasteiger partial charge in [-0.1, -0.05) is 35.9 Å². The zero-order valence-corrected chi connectivity index (χ0v) is 19.1. The van der Waals surface area contributed by atoms with Gasteiger partial charge < -0.3 is 5.32 Å². The van der Waals surface area contributed by atoms with Crippen LogP contribution in [-0.2, 0) is 21.9 Å². The predicted octanol–water partition coefficient (Wildman–Crippen LogP) is 2.58. The normalized spacial score (nSPS) is 16.9. The van der Waals surface area contributed by atoms with Crippen LogP contribution in [0.15, 0.2) is 64.3 Å². The monoisotopic (exact) mass is 454 g/mol. The van der Waals surface area contributed by atoms with Crippen molar-refractivity contribution in [1.82, 2.24) is 13.7 Å². The van der Waals surface area contributed by atoms with Crippen LogP contribution in [0.1, 0.15) is 24.1 Å². The summed E-state index contributed by atoms with van der Waals surface area (Å²) in [4.78, 5) is 26.4. The Hall–Kier alpha value is -3.17. The second-order valence-electron chi connectivity index (χ2n) is 8.01. The Morgan fingerprint density at radius 3 is 2.34 bits per heavy atom. The third-order valence-electron chi connectivity index (χ3n) is 5.94. The van der Waals surface area contributed by atoms with Gasteiger partial charge >= 0.3 is 0 Å². The number of aromatic nitrogens is 2. The highest BCUT2D eigenvalue weighted by Gasteiger charge is 2.40. The number of carbonyl (C=O) groups excluding carboxylic acids is 1. The summed E-state index contributed by atoms with van der Waals surface area (Å²) >= 11 is 0. The van der Waals surface area contributed by atoms with Gasteiger partial charge in [-0.25, -0.2) is 13.1 Å². The van der Waals surface area contributed by atoms with E-state index < -0.39 is 22.0 Å². The third kappa shape index (κ3) is 3.78. The number of carbonyl (C=O) groups is 1. The molecule has 1 fully saturated rings. The molecule has 1 saturated heterocycles. The zero-order valence-electron chi connectivity index (χ0n) is 18.3. The minimum absolute atomic E-state index is 0.154. The van der Waals surface area contributed by atoms with Crippen LogP contribution in [0, 0.1) is 13.8 Å². The van der Waals surface area contributed by atoms with E-state index in [-0.39, 0.29) is 22.7 Å². The van der Waals surface area contributed by atoms with Crippen molar-refractivity contribution in [3.05, 3.63) is 76.2 Å². The Morgan fingerprint density at radius 2 is 1.69 bits per heavy atom. The van der Waals surface area contributed by atoms with Crippen LogP contribution in [0.25, 0.3) is 5.69 Å². The van der Waals surface area contributed by atoms with Crippen LogP contribution in [0.2, 0.25) is 0 Å². The summed E-state index contributed by atoms with van der Waals surface area (Å²) in [5, 5.41) is 2.71. The van der Waals surface area contributed by atoms with Crippen molar-refractivity contribution in [2.24, 2.45) is 7.05 Å². The number of rotatable bonds is 5. The molecular formula is C23H26N4O4S. The summed E-state index contributed by atoms with van der Waals surface area (Å²) in [5.74, 6) is -0.496. The number of nitrogens with one attached hydrogen (secondary N) is 1. The van der Waals surface area contributed by atoms with Crippen LogP contribution in [-0.4, -0.2) is 40.6 Å². The highest BCUT2D eigenvalue weighted by Crippen LogP contribution is 2.27. The number of anilines is 1. The van der Waals surface area contributed by atoms with Gasteiger partial charge in [-0.15, -0.1) is 0 Å². The number of para-hydroxylation sites is 1. The number of aryl methyl sites for hydroxylation is 1. The molecule has 0 radical (unpaired) electrons. The molecule has 4 rings (SSSR count). The lowest BCUT2D eigenvalue weighted by Gasteiger charge is -2.23. The van der Waals surface area contributed by atoms with Crippen molar-refractivity contribution in [2.75, 3.05) is 11.9 Å². The van der Waals surface area contributed by atoms with Crippen molar-refractivity contribution in [3.63, 3.8) is 0 Å². The smallest absolute Gasteiger partial charge is 0.295 e.